The first-order valence-electron chi connectivity index (χ1n) is 7.77. The number of guanidine groups is 1. The lowest BCUT2D eigenvalue weighted by molar-refractivity contribution is 0.428. The Labute approximate surface area is 154 Å². The normalized spacial score (nSPS) is 18.9. The first kappa shape index (κ1) is 16.2. The van der Waals surface area contributed by atoms with E-state index in [1.54, 1.807) is 35.5 Å². The summed E-state index contributed by atoms with van der Waals surface area (Å²) in [7, 11) is 0. The molecule has 2 aliphatic heterocycles. The molecule has 1 aromatic heterocycles. The van der Waals surface area contributed by atoms with Gasteiger partial charge in [-0.1, -0.05) is 12.1 Å². The van der Waals surface area contributed by atoms with Gasteiger partial charge in [-0.25, -0.2) is 25.0 Å². The monoisotopic (exact) mass is 364 g/mol. The molecule has 0 aliphatic carbocycles. The van der Waals surface area contributed by atoms with Crippen LogP contribution in [0.25, 0.3) is 11.3 Å². The van der Waals surface area contributed by atoms with Gasteiger partial charge < -0.3 is 5.73 Å². The van der Waals surface area contributed by atoms with Crippen molar-refractivity contribution in [3.8, 4) is 6.07 Å². The van der Waals surface area contributed by atoms with Crippen LogP contribution in [-0.2, 0) is 0 Å². The van der Waals surface area contributed by atoms with Gasteiger partial charge in [0, 0.05) is 11.8 Å². The molecule has 3 heterocycles. The molecular weight excluding hydrogens is 352 g/mol. The fraction of sp³-hybridized carbons (Fsp3) is 0.118. The van der Waals surface area contributed by atoms with Crippen LogP contribution in [0.15, 0.2) is 52.8 Å². The molecule has 1 unspecified atom stereocenters. The number of halogens is 1. The van der Waals surface area contributed by atoms with Crippen LogP contribution in [0.2, 0.25) is 0 Å². The van der Waals surface area contributed by atoms with Crippen molar-refractivity contribution < 1.29 is 0 Å². The van der Waals surface area contributed by atoms with Gasteiger partial charge >= 0.3 is 0 Å². The molecule has 2 aromatic rings. The van der Waals surface area contributed by atoms with E-state index in [0.29, 0.717) is 28.4 Å². The lowest BCUT2D eigenvalue weighted by Gasteiger charge is -2.26. The van der Waals surface area contributed by atoms with Gasteiger partial charge in [0.2, 0.25) is 5.96 Å². The summed E-state index contributed by atoms with van der Waals surface area (Å²) in [6, 6.07) is 11.1. The van der Waals surface area contributed by atoms with E-state index >= 15 is 0 Å². The predicted molar refractivity (Wildman–Crippen MR) is 98.5 cm³/mol. The summed E-state index contributed by atoms with van der Waals surface area (Å²) in [6.07, 6.45) is 2.79. The van der Waals surface area contributed by atoms with Crippen LogP contribution < -0.4 is 11.2 Å². The van der Waals surface area contributed by atoms with Crippen LogP contribution in [0.4, 0.5) is 0 Å². The lowest BCUT2D eigenvalue weighted by atomic mass is 10.00. The van der Waals surface area contributed by atoms with E-state index in [1.807, 2.05) is 6.07 Å². The number of aliphatic imine (C=N–C) groups is 2. The van der Waals surface area contributed by atoms with Crippen LogP contribution in [0.5, 0.6) is 0 Å². The molecule has 8 nitrogen and oxygen atoms in total. The van der Waals surface area contributed by atoms with Gasteiger partial charge in [-0.05, 0) is 18.2 Å². The van der Waals surface area contributed by atoms with Crippen molar-refractivity contribution in [3.63, 3.8) is 0 Å². The van der Waals surface area contributed by atoms with Crippen LogP contribution in [-0.4, -0.2) is 38.8 Å². The zero-order valence-electron chi connectivity index (χ0n) is 13.5. The molecule has 2 aliphatic rings. The third-order valence-corrected chi connectivity index (χ3v) is 4.23. The highest BCUT2D eigenvalue weighted by Gasteiger charge is 2.35. The minimum atomic E-state index is -0.318. The number of nitrogens with two attached hydrogens (primary N) is 1. The fourth-order valence-electron chi connectivity index (χ4n) is 2.81. The number of hydrogen-bond donors (Lipinski definition) is 2. The Balaban J connectivity index is 1.98. The Morgan fingerprint density at radius 1 is 1.35 bits per heavy atom. The molecule has 0 spiro atoms. The van der Waals surface area contributed by atoms with Gasteiger partial charge in [0.15, 0.2) is 5.84 Å². The number of amidine groups is 1. The van der Waals surface area contributed by atoms with Crippen molar-refractivity contribution in [2.45, 2.75) is 6.17 Å². The summed E-state index contributed by atoms with van der Waals surface area (Å²) in [5.41, 5.74) is 12.4. The van der Waals surface area contributed by atoms with E-state index < -0.39 is 0 Å². The maximum Gasteiger partial charge on any atom is 0.217 e. The maximum absolute atomic E-state index is 9.21. The number of fused-ring (bicyclic) bond motifs is 1. The first-order valence-corrected chi connectivity index (χ1v) is 8.30. The summed E-state index contributed by atoms with van der Waals surface area (Å²) in [6.45, 7) is 0. The zero-order chi connectivity index (χ0) is 18.1. The Bertz CT molecular complexity index is 989. The van der Waals surface area contributed by atoms with E-state index in [9.17, 15) is 5.26 Å². The summed E-state index contributed by atoms with van der Waals surface area (Å²) < 4.78 is 0. The number of nitrogens with one attached hydrogen (secondary N) is 1. The van der Waals surface area contributed by atoms with Crippen molar-refractivity contribution >= 4 is 34.7 Å². The van der Waals surface area contributed by atoms with Gasteiger partial charge in [-0.2, -0.15) is 10.7 Å². The first-order chi connectivity index (χ1) is 12.7. The Morgan fingerprint density at radius 3 is 2.96 bits per heavy atom. The van der Waals surface area contributed by atoms with Crippen molar-refractivity contribution in [1.82, 2.24) is 20.4 Å². The standard InChI is InChI=1S/C17H13ClN8/c18-7-13-23-16-14(12-4-5-21-9-22-12)15(24-17(20)26(16)25-13)11-3-1-2-10(6-11)8-19/h1-6,9,13,25H,7H2,(H2,20,24). The highest BCUT2D eigenvalue weighted by atomic mass is 35.5. The highest BCUT2D eigenvalue weighted by molar-refractivity contribution is 6.35. The minimum Gasteiger partial charge on any atom is -0.368 e. The maximum atomic E-state index is 9.21. The molecule has 0 bridgehead atoms. The number of hydrogen-bond acceptors (Lipinski definition) is 8. The van der Waals surface area contributed by atoms with Crippen molar-refractivity contribution in [1.29, 1.82) is 5.26 Å². The lowest BCUT2D eigenvalue weighted by Crippen LogP contribution is -2.50. The molecule has 0 radical (unpaired) electrons. The summed E-state index contributed by atoms with van der Waals surface area (Å²) in [4.78, 5) is 17.5. The van der Waals surface area contributed by atoms with E-state index in [4.69, 9.17) is 17.3 Å². The summed E-state index contributed by atoms with van der Waals surface area (Å²) in [5.74, 6) is 1.11. The number of hydrazine groups is 1. The molecule has 1 atom stereocenters. The van der Waals surface area contributed by atoms with E-state index in [1.165, 1.54) is 6.33 Å². The average molecular weight is 365 g/mol. The fourth-order valence-corrected chi connectivity index (χ4v) is 2.95. The van der Waals surface area contributed by atoms with Gasteiger partial charge in [-0.15, -0.1) is 11.6 Å². The van der Waals surface area contributed by atoms with E-state index in [0.717, 1.165) is 5.56 Å². The quantitative estimate of drug-likeness (QED) is 0.794. The third-order valence-electron chi connectivity index (χ3n) is 3.93. The van der Waals surface area contributed by atoms with Gasteiger partial charge in [-0.3, -0.25) is 0 Å². The average Bonchev–Trinajstić information content (AvgIpc) is 3.13. The second-order valence-corrected chi connectivity index (χ2v) is 5.88. The van der Waals surface area contributed by atoms with Gasteiger partial charge in [0.05, 0.1) is 34.5 Å². The molecule has 128 valence electrons. The largest absolute Gasteiger partial charge is 0.368 e. The Kier molecular flexibility index (Phi) is 4.08. The van der Waals surface area contributed by atoms with Gasteiger partial charge in [0.25, 0.3) is 0 Å². The number of rotatable bonds is 3. The third kappa shape index (κ3) is 2.69. The van der Waals surface area contributed by atoms with Gasteiger partial charge in [0.1, 0.15) is 12.5 Å². The van der Waals surface area contributed by atoms with E-state index in [2.05, 4.69) is 31.4 Å². The smallest absolute Gasteiger partial charge is 0.217 e. The molecule has 1 aromatic carbocycles. The minimum absolute atomic E-state index is 0.242. The zero-order valence-corrected chi connectivity index (χ0v) is 14.2. The van der Waals surface area contributed by atoms with Crippen LogP contribution >= 0.6 is 11.6 Å². The van der Waals surface area contributed by atoms with Crippen LogP contribution in [0.3, 0.4) is 0 Å². The molecule has 9 heteroatoms. The molecule has 0 fully saturated rings. The summed E-state index contributed by atoms with van der Waals surface area (Å²) in [5, 5.41) is 10.8. The number of alkyl halides is 1. The van der Waals surface area contributed by atoms with Crippen molar-refractivity contribution in [2.24, 2.45) is 15.7 Å². The van der Waals surface area contributed by atoms with Crippen molar-refractivity contribution in [3.05, 3.63) is 59.7 Å². The number of aromatic nitrogens is 2. The Morgan fingerprint density at radius 2 is 2.23 bits per heavy atom. The molecule has 0 saturated carbocycles. The second kappa shape index (κ2) is 6.55. The molecular formula is C17H13ClN8. The van der Waals surface area contributed by atoms with Crippen molar-refractivity contribution in [2.75, 3.05) is 5.88 Å². The molecule has 26 heavy (non-hydrogen) atoms. The topological polar surface area (TPSA) is 116 Å². The molecule has 0 amide bonds. The Hall–Kier alpha value is -3.28. The van der Waals surface area contributed by atoms with Crippen LogP contribution in [0, 0.1) is 11.3 Å². The number of nitrogens with zero attached hydrogens (tertiary/aromatic N) is 6. The van der Waals surface area contributed by atoms with Crippen LogP contribution in [0.1, 0.15) is 16.8 Å². The molecule has 3 N–H and O–H groups in total. The number of benzene rings is 1. The second-order valence-electron chi connectivity index (χ2n) is 5.57. The molecule has 0 saturated heterocycles. The van der Waals surface area contributed by atoms with E-state index in [-0.39, 0.29) is 18.0 Å². The highest BCUT2D eigenvalue weighted by Crippen LogP contribution is 2.33. The summed E-state index contributed by atoms with van der Waals surface area (Å²) >= 11 is 5.95. The number of nitriles is 1. The molecule has 4 rings (SSSR count). The predicted octanol–water partition coefficient (Wildman–Crippen LogP) is 1.33. The SMILES string of the molecule is N#Cc1cccc(C2=C(c3ccncn3)C3=NC(CCl)NN3C(N)=N2)c1.